The highest BCUT2D eigenvalue weighted by molar-refractivity contribution is 5.96. The SMILES string of the molecule is CC1CN(c2cc3c(cc2F)c(=O)c(C(=O)O)cn3-c2cccc3ncccc23)CCN1. The van der Waals surface area contributed by atoms with E-state index in [9.17, 15) is 14.7 Å². The van der Waals surface area contributed by atoms with Gasteiger partial charge in [-0.15, -0.1) is 0 Å². The summed E-state index contributed by atoms with van der Waals surface area (Å²) >= 11 is 0. The number of halogens is 1. The highest BCUT2D eigenvalue weighted by Crippen LogP contribution is 2.30. The lowest BCUT2D eigenvalue weighted by Gasteiger charge is -2.34. The number of piperazine rings is 1. The predicted octanol–water partition coefficient (Wildman–Crippen LogP) is 3.17. The van der Waals surface area contributed by atoms with Crippen LogP contribution in [0.2, 0.25) is 0 Å². The molecule has 5 rings (SSSR count). The zero-order valence-corrected chi connectivity index (χ0v) is 17.4. The van der Waals surface area contributed by atoms with E-state index in [2.05, 4.69) is 10.3 Å². The molecule has 1 saturated heterocycles. The fraction of sp³-hybridized carbons (Fsp3) is 0.208. The van der Waals surface area contributed by atoms with Crippen molar-refractivity contribution in [1.82, 2.24) is 14.9 Å². The highest BCUT2D eigenvalue weighted by Gasteiger charge is 2.23. The fourth-order valence-electron chi connectivity index (χ4n) is 4.38. The molecule has 2 N–H and O–H groups in total. The van der Waals surface area contributed by atoms with Gasteiger partial charge in [-0.25, -0.2) is 9.18 Å². The average molecular weight is 432 g/mol. The molecule has 1 atom stereocenters. The number of carboxylic acid groups (broad SMARTS) is 1. The highest BCUT2D eigenvalue weighted by atomic mass is 19.1. The van der Waals surface area contributed by atoms with Crippen LogP contribution in [0.25, 0.3) is 27.5 Å². The molecule has 0 spiro atoms. The van der Waals surface area contributed by atoms with Crippen molar-refractivity contribution >= 4 is 33.5 Å². The Balaban J connectivity index is 1.84. The lowest BCUT2D eigenvalue weighted by atomic mass is 10.1. The van der Waals surface area contributed by atoms with Crippen LogP contribution in [0.1, 0.15) is 17.3 Å². The average Bonchev–Trinajstić information content (AvgIpc) is 2.79. The molecule has 162 valence electrons. The summed E-state index contributed by atoms with van der Waals surface area (Å²) in [5.74, 6) is -1.90. The maximum absolute atomic E-state index is 15.2. The molecule has 0 radical (unpaired) electrons. The molecule has 1 fully saturated rings. The second-order valence-electron chi connectivity index (χ2n) is 8.02. The van der Waals surface area contributed by atoms with Crippen LogP contribution in [0.5, 0.6) is 0 Å². The Labute approximate surface area is 182 Å². The molecule has 32 heavy (non-hydrogen) atoms. The molecule has 0 bridgehead atoms. The number of fused-ring (bicyclic) bond motifs is 2. The molecule has 1 unspecified atom stereocenters. The smallest absolute Gasteiger partial charge is 0.341 e. The molecule has 2 aromatic carbocycles. The quantitative estimate of drug-likeness (QED) is 0.517. The van der Waals surface area contributed by atoms with E-state index >= 15 is 4.39 Å². The van der Waals surface area contributed by atoms with Gasteiger partial charge < -0.3 is 19.9 Å². The molecule has 2 aromatic heterocycles. The summed E-state index contributed by atoms with van der Waals surface area (Å²) in [6, 6.07) is 12.2. The van der Waals surface area contributed by atoms with Gasteiger partial charge in [0, 0.05) is 48.8 Å². The van der Waals surface area contributed by atoms with Gasteiger partial charge in [-0.2, -0.15) is 0 Å². The van der Waals surface area contributed by atoms with Crippen molar-refractivity contribution in [2.45, 2.75) is 13.0 Å². The minimum atomic E-state index is -1.36. The third-order valence-electron chi connectivity index (χ3n) is 5.89. The number of nitrogens with one attached hydrogen (secondary N) is 1. The summed E-state index contributed by atoms with van der Waals surface area (Å²) < 4.78 is 16.8. The monoisotopic (exact) mass is 432 g/mol. The summed E-state index contributed by atoms with van der Waals surface area (Å²) in [4.78, 5) is 31.0. The van der Waals surface area contributed by atoms with Crippen molar-refractivity contribution in [3.05, 3.63) is 76.5 Å². The Bertz CT molecular complexity index is 1430. The van der Waals surface area contributed by atoms with Crippen LogP contribution < -0.4 is 15.6 Å². The Morgan fingerprint density at radius 2 is 2.03 bits per heavy atom. The molecule has 4 aromatic rings. The number of hydrogen-bond acceptors (Lipinski definition) is 5. The molecule has 8 heteroatoms. The number of carboxylic acids is 1. The first-order valence-electron chi connectivity index (χ1n) is 10.4. The molecule has 0 aliphatic carbocycles. The number of anilines is 1. The van der Waals surface area contributed by atoms with Crippen LogP contribution in [0, 0.1) is 5.82 Å². The molecule has 0 saturated carbocycles. The first-order chi connectivity index (χ1) is 15.4. The Kier molecular flexibility index (Phi) is 4.86. The van der Waals surface area contributed by atoms with Gasteiger partial charge >= 0.3 is 5.97 Å². The minimum absolute atomic E-state index is 0.0234. The van der Waals surface area contributed by atoms with Crippen LogP contribution in [-0.4, -0.2) is 46.3 Å². The lowest BCUT2D eigenvalue weighted by Crippen LogP contribution is -2.49. The number of carbonyl (C=O) groups is 1. The molecular formula is C24H21FN4O3. The Morgan fingerprint density at radius 1 is 1.19 bits per heavy atom. The zero-order chi connectivity index (χ0) is 22.4. The summed E-state index contributed by atoms with van der Waals surface area (Å²) in [5, 5.41) is 13.8. The lowest BCUT2D eigenvalue weighted by molar-refractivity contribution is 0.0695. The van der Waals surface area contributed by atoms with Crippen molar-refractivity contribution in [3.63, 3.8) is 0 Å². The standard InChI is InChI=1S/C24H21FN4O3/c1-14-12-28(9-8-26-14)22-11-21-16(10-18(22)25)23(30)17(24(31)32)13-29(21)20-6-2-5-19-15(20)4-3-7-27-19/h2-7,10-11,13-14,26H,8-9,12H2,1H3,(H,31,32). The minimum Gasteiger partial charge on any atom is -0.477 e. The molecule has 7 nitrogen and oxygen atoms in total. The topological polar surface area (TPSA) is 87.5 Å². The van der Waals surface area contributed by atoms with E-state index in [0.29, 0.717) is 30.0 Å². The van der Waals surface area contributed by atoms with Gasteiger partial charge in [-0.05, 0) is 43.3 Å². The molecule has 1 aliphatic rings. The summed E-state index contributed by atoms with van der Waals surface area (Å²) in [6.07, 6.45) is 2.99. The van der Waals surface area contributed by atoms with E-state index in [-0.39, 0.29) is 11.4 Å². The van der Waals surface area contributed by atoms with Crippen LogP contribution in [0.4, 0.5) is 10.1 Å². The van der Waals surface area contributed by atoms with Gasteiger partial charge in [0.15, 0.2) is 0 Å². The van der Waals surface area contributed by atoms with E-state index < -0.39 is 22.8 Å². The largest absolute Gasteiger partial charge is 0.477 e. The molecule has 3 heterocycles. The number of benzene rings is 2. The fourth-order valence-corrected chi connectivity index (χ4v) is 4.38. The van der Waals surface area contributed by atoms with E-state index in [1.807, 2.05) is 36.1 Å². The van der Waals surface area contributed by atoms with Gasteiger partial charge in [0.05, 0.1) is 22.4 Å². The second kappa shape index (κ2) is 7.72. The summed E-state index contributed by atoms with van der Waals surface area (Å²) in [7, 11) is 0. The number of aromatic nitrogens is 2. The Hall–Kier alpha value is -3.78. The number of hydrogen-bond donors (Lipinski definition) is 2. The van der Waals surface area contributed by atoms with Gasteiger partial charge in [-0.3, -0.25) is 9.78 Å². The molecule has 0 amide bonds. The molecular weight excluding hydrogens is 411 g/mol. The summed E-state index contributed by atoms with van der Waals surface area (Å²) in [5.41, 5.74) is 1.10. The van der Waals surface area contributed by atoms with Crippen LogP contribution in [-0.2, 0) is 0 Å². The van der Waals surface area contributed by atoms with E-state index in [0.717, 1.165) is 23.5 Å². The van der Waals surface area contributed by atoms with Gasteiger partial charge in [0.25, 0.3) is 0 Å². The molecule has 1 aliphatic heterocycles. The summed E-state index contributed by atoms with van der Waals surface area (Å²) in [6.45, 7) is 4.00. The first-order valence-corrected chi connectivity index (χ1v) is 10.4. The van der Waals surface area contributed by atoms with Gasteiger partial charge in [0.2, 0.25) is 5.43 Å². The number of aromatic carboxylic acids is 1. The van der Waals surface area contributed by atoms with Crippen LogP contribution >= 0.6 is 0 Å². The normalized spacial score (nSPS) is 16.6. The van der Waals surface area contributed by atoms with Crippen LogP contribution in [0.3, 0.4) is 0 Å². The maximum atomic E-state index is 15.2. The van der Waals surface area contributed by atoms with Crippen molar-refractivity contribution in [3.8, 4) is 5.69 Å². The van der Waals surface area contributed by atoms with Gasteiger partial charge in [-0.1, -0.05) is 6.07 Å². The third kappa shape index (κ3) is 3.29. The van der Waals surface area contributed by atoms with Crippen molar-refractivity contribution < 1.29 is 14.3 Å². The van der Waals surface area contributed by atoms with E-state index in [4.69, 9.17) is 0 Å². The first kappa shape index (κ1) is 20.1. The van der Waals surface area contributed by atoms with E-state index in [1.54, 1.807) is 22.9 Å². The van der Waals surface area contributed by atoms with E-state index in [1.165, 1.54) is 6.20 Å². The zero-order valence-electron chi connectivity index (χ0n) is 17.4. The number of nitrogens with zero attached hydrogens (tertiary/aromatic N) is 3. The number of rotatable bonds is 3. The van der Waals surface area contributed by atoms with Crippen molar-refractivity contribution in [2.24, 2.45) is 0 Å². The van der Waals surface area contributed by atoms with Crippen molar-refractivity contribution in [1.29, 1.82) is 0 Å². The van der Waals surface area contributed by atoms with Crippen molar-refractivity contribution in [2.75, 3.05) is 24.5 Å². The maximum Gasteiger partial charge on any atom is 0.341 e. The predicted molar refractivity (Wildman–Crippen MR) is 121 cm³/mol. The van der Waals surface area contributed by atoms with Crippen LogP contribution in [0.15, 0.2) is 59.7 Å². The third-order valence-corrected chi connectivity index (χ3v) is 5.89. The van der Waals surface area contributed by atoms with Gasteiger partial charge in [0.1, 0.15) is 11.4 Å². The Morgan fingerprint density at radius 3 is 2.81 bits per heavy atom. The number of pyridine rings is 2. The second-order valence-corrected chi connectivity index (χ2v) is 8.02.